The molecule has 0 amide bonds. The van der Waals surface area contributed by atoms with Crippen LogP contribution in [0, 0.1) is 0 Å². The van der Waals surface area contributed by atoms with E-state index in [9.17, 15) is 0 Å². The molecule has 11 rings (SSSR count). The molecule has 0 fully saturated rings. The van der Waals surface area contributed by atoms with Crippen molar-refractivity contribution in [2.24, 2.45) is 0 Å². The van der Waals surface area contributed by atoms with Gasteiger partial charge in [-0.3, -0.25) is 0 Å². The Morgan fingerprint density at radius 1 is 0.281 bits per heavy atom. The van der Waals surface area contributed by atoms with E-state index in [1.807, 2.05) is 18.2 Å². The van der Waals surface area contributed by atoms with Crippen molar-refractivity contribution in [3.05, 3.63) is 200 Å². The van der Waals surface area contributed by atoms with Gasteiger partial charge in [-0.2, -0.15) is 0 Å². The highest BCUT2D eigenvalue weighted by Gasteiger charge is 2.18. The third-order valence-electron chi connectivity index (χ3n) is 10.9. The smallest absolute Gasteiger partial charge is 0.164 e. The Kier molecular flexibility index (Phi) is 7.78. The van der Waals surface area contributed by atoms with Crippen LogP contribution in [0.1, 0.15) is 0 Å². The highest BCUT2D eigenvalue weighted by Crippen LogP contribution is 2.39. The number of nitrogens with zero attached hydrogens (tertiary/aromatic N) is 3. The Morgan fingerprint density at radius 2 is 0.842 bits per heavy atom. The van der Waals surface area contributed by atoms with E-state index >= 15 is 0 Å². The monoisotopic (exact) mass is 727 g/mol. The molecule has 0 saturated heterocycles. The summed E-state index contributed by atoms with van der Waals surface area (Å²) in [6.45, 7) is 0. The van der Waals surface area contributed by atoms with Crippen LogP contribution in [0.4, 0.5) is 0 Å². The highest BCUT2D eigenvalue weighted by molar-refractivity contribution is 6.14. The van der Waals surface area contributed by atoms with Crippen LogP contribution in [0.25, 0.3) is 111 Å². The molecular formula is C53H33N3O. The van der Waals surface area contributed by atoms with Crippen LogP contribution in [0.15, 0.2) is 205 Å². The maximum atomic E-state index is 6.53. The van der Waals surface area contributed by atoms with Crippen LogP contribution in [0.5, 0.6) is 0 Å². The van der Waals surface area contributed by atoms with E-state index in [4.69, 9.17) is 19.4 Å². The van der Waals surface area contributed by atoms with Gasteiger partial charge in [0.25, 0.3) is 0 Å². The quantitative estimate of drug-likeness (QED) is 0.160. The maximum absolute atomic E-state index is 6.53. The molecule has 0 unspecified atom stereocenters. The molecule has 0 radical (unpaired) electrons. The Hall–Kier alpha value is -7.69. The van der Waals surface area contributed by atoms with Crippen LogP contribution in [-0.4, -0.2) is 15.0 Å². The summed E-state index contributed by atoms with van der Waals surface area (Å²) in [5.74, 6) is 1.80. The van der Waals surface area contributed by atoms with Crippen molar-refractivity contribution in [1.82, 2.24) is 15.0 Å². The second-order valence-electron chi connectivity index (χ2n) is 14.4. The van der Waals surface area contributed by atoms with Crippen molar-refractivity contribution >= 4 is 43.5 Å². The first-order valence-electron chi connectivity index (χ1n) is 19.2. The predicted octanol–water partition coefficient (Wildman–Crippen LogP) is 14.1. The first-order valence-corrected chi connectivity index (χ1v) is 19.2. The molecule has 0 atom stereocenters. The Morgan fingerprint density at radius 3 is 1.61 bits per heavy atom. The molecule has 4 nitrogen and oxygen atoms in total. The first kappa shape index (κ1) is 32.7. The van der Waals surface area contributed by atoms with Crippen molar-refractivity contribution in [1.29, 1.82) is 0 Å². The van der Waals surface area contributed by atoms with Gasteiger partial charge in [0.05, 0.1) is 0 Å². The zero-order valence-electron chi connectivity index (χ0n) is 30.8. The van der Waals surface area contributed by atoms with Crippen LogP contribution >= 0.6 is 0 Å². The zero-order valence-corrected chi connectivity index (χ0v) is 30.8. The summed E-state index contributed by atoms with van der Waals surface area (Å²) >= 11 is 0. The molecule has 4 heteroatoms. The van der Waals surface area contributed by atoms with E-state index in [2.05, 4.69) is 182 Å². The molecule has 266 valence electrons. The van der Waals surface area contributed by atoms with Crippen molar-refractivity contribution in [2.45, 2.75) is 0 Å². The van der Waals surface area contributed by atoms with Crippen molar-refractivity contribution in [2.75, 3.05) is 0 Å². The molecule has 11 aromatic rings. The largest absolute Gasteiger partial charge is 0.456 e. The molecule has 57 heavy (non-hydrogen) atoms. The second kappa shape index (κ2) is 13.6. The topological polar surface area (TPSA) is 51.8 Å². The van der Waals surface area contributed by atoms with Crippen molar-refractivity contribution < 1.29 is 4.42 Å². The Bertz CT molecular complexity index is 3280. The number of aromatic nitrogens is 3. The van der Waals surface area contributed by atoms with E-state index in [0.717, 1.165) is 77.0 Å². The van der Waals surface area contributed by atoms with E-state index < -0.39 is 0 Å². The van der Waals surface area contributed by atoms with Gasteiger partial charge in [0, 0.05) is 27.5 Å². The number of hydrogen-bond donors (Lipinski definition) is 0. The molecule has 9 aromatic carbocycles. The average Bonchev–Trinajstić information content (AvgIpc) is 3.68. The first-order chi connectivity index (χ1) is 28.2. The minimum Gasteiger partial charge on any atom is -0.456 e. The van der Waals surface area contributed by atoms with E-state index in [0.29, 0.717) is 17.5 Å². The van der Waals surface area contributed by atoms with Crippen LogP contribution in [0.2, 0.25) is 0 Å². The molecule has 2 aromatic heterocycles. The summed E-state index contributed by atoms with van der Waals surface area (Å²) in [5, 5.41) is 6.73. The summed E-state index contributed by atoms with van der Waals surface area (Å²) in [7, 11) is 0. The average molecular weight is 728 g/mol. The minimum atomic E-state index is 0.581. The molecular weight excluding hydrogens is 695 g/mol. The lowest BCUT2D eigenvalue weighted by atomic mass is 9.96. The summed E-state index contributed by atoms with van der Waals surface area (Å²) in [6.07, 6.45) is 0. The molecule has 0 saturated carbocycles. The summed E-state index contributed by atoms with van der Waals surface area (Å²) in [4.78, 5) is 15.6. The molecule has 0 N–H and O–H groups in total. The number of hydrogen-bond acceptors (Lipinski definition) is 4. The van der Waals surface area contributed by atoms with E-state index in [1.165, 1.54) is 16.5 Å². The van der Waals surface area contributed by atoms with E-state index in [-0.39, 0.29) is 0 Å². The summed E-state index contributed by atoms with van der Waals surface area (Å²) in [5.41, 5.74) is 11.3. The van der Waals surface area contributed by atoms with Gasteiger partial charge in [0.2, 0.25) is 0 Å². The Labute approximate surface area is 329 Å². The molecule has 0 spiro atoms. The van der Waals surface area contributed by atoms with Gasteiger partial charge in [-0.05, 0) is 85.3 Å². The Balaban J connectivity index is 1.07. The number of fused-ring (bicyclic) bond motifs is 6. The van der Waals surface area contributed by atoms with Crippen LogP contribution in [0.3, 0.4) is 0 Å². The number of benzene rings is 9. The van der Waals surface area contributed by atoms with E-state index in [1.54, 1.807) is 0 Å². The molecule has 2 heterocycles. The predicted molar refractivity (Wildman–Crippen MR) is 235 cm³/mol. The van der Waals surface area contributed by atoms with Gasteiger partial charge >= 0.3 is 0 Å². The van der Waals surface area contributed by atoms with Gasteiger partial charge < -0.3 is 4.42 Å². The maximum Gasteiger partial charge on any atom is 0.164 e. The molecule has 0 aliphatic heterocycles. The zero-order chi connectivity index (χ0) is 37.7. The normalized spacial score (nSPS) is 11.5. The van der Waals surface area contributed by atoms with Crippen LogP contribution in [-0.2, 0) is 0 Å². The minimum absolute atomic E-state index is 0.581. The lowest BCUT2D eigenvalue weighted by Gasteiger charge is -2.13. The lowest BCUT2D eigenvalue weighted by molar-refractivity contribution is 0.669. The molecule has 0 bridgehead atoms. The van der Waals surface area contributed by atoms with Gasteiger partial charge in [0.15, 0.2) is 17.5 Å². The van der Waals surface area contributed by atoms with Gasteiger partial charge in [0.1, 0.15) is 11.2 Å². The van der Waals surface area contributed by atoms with Crippen molar-refractivity contribution in [3.63, 3.8) is 0 Å². The van der Waals surface area contributed by atoms with Crippen molar-refractivity contribution in [3.8, 4) is 67.5 Å². The van der Waals surface area contributed by atoms with Gasteiger partial charge in [-0.25, -0.2) is 15.0 Å². The SMILES string of the molecule is c1ccc(-c2cccc(-c3ccc(-c4nc(-c5ccc6c(c5)oc5cccc(-c7ccccc7)c56)nc(-c5cc6ccccc6c6ccccc56)n4)cc3)c2)cc1. The summed E-state index contributed by atoms with van der Waals surface area (Å²) < 4.78 is 6.53. The third-order valence-corrected chi connectivity index (χ3v) is 10.9. The number of furan rings is 1. The fourth-order valence-corrected chi connectivity index (χ4v) is 8.14. The molecule has 0 aliphatic rings. The third kappa shape index (κ3) is 5.83. The van der Waals surface area contributed by atoms with Gasteiger partial charge in [-0.15, -0.1) is 0 Å². The van der Waals surface area contributed by atoms with Gasteiger partial charge in [-0.1, -0.05) is 170 Å². The standard InChI is InChI=1S/C53H33N3O/c1-3-13-34(14-4-1)38-18-11-19-39(31-38)35-25-27-37(28-26-35)51-54-52(56-53(55-51)47-32-40-17-7-8-20-42(40)44-21-9-10-22-45(44)47)41-29-30-46-49(33-41)57-48-24-12-23-43(50(46)48)36-15-5-2-6-16-36/h1-33H. The fraction of sp³-hybridized carbons (Fsp3) is 0. The highest BCUT2D eigenvalue weighted by atomic mass is 16.3. The van der Waals surface area contributed by atoms with Crippen LogP contribution < -0.4 is 0 Å². The second-order valence-corrected chi connectivity index (χ2v) is 14.4. The fourth-order valence-electron chi connectivity index (χ4n) is 8.14. The lowest BCUT2D eigenvalue weighted by Crippen LogP contribution is -2.01. The number of rotatable bonds is 6. The summed E-state index contributed by atoms with van der Waals surface area (Å²) in [6, 6.07) is 69.9. The molecule has 0 aliphatic carbocycles.